The van der Waals surface area contributed by atoms with E-state index in [-0.39, 0.29) is 0 Å². The third kappa shape index (κ3) is 3.09. The summed E-state index contributed by atoms with van der Waals surface area (Å²) in [5.41, 5.74) is 9.25. The number of benzene rings is 1. The minimum Gasteiger partial charge on any atom is -0.397 e. The summed E-state index contributed by atoms with van der Waals surface area (Å²) in [4.78, 5) is 0. The van der Waals surface area contributed by atoms with Crippen molar-refractivity contribution >= 4 is 23.1 Å². The predicted molar refractivity (Wildman–Crippen MR) is 78.8 cm³/mol. The molecule has 2 nitrogen and oxygen atoms in total. The Morgan fingerprint density at radius 3 is 2.76 bits per heavy atom. The van der Waals surface area contributed by atoms with Crippen molar-refractivity contribution in [2.75, 3.05) is 17.3 Å². The van der Waals surface area contributed by atoms with Crippen LogP contribution in [0.25, 0.3) is 0 Å². The smallest absolute Gasteiger partial charge is 0.0576 e. The van der Waals surface area contributed by atoms with E-state index in [1.54, 1.807) is 0 Å². The van der Waals surface area contributed by atoms with Gasteiger partial charge in [-0.15, -0.1) is 0 Å². The predicted octanol–water partition coefficient (Wildman–Crippen LogP) is 3.66. The average Bonchev–Trinajstić information content (AvgIpc) is 2.33. The van der Waals surface area contributed by atoms with Crippen molar-refractivity contribution in [3.8, 4) is 0 Å². The summed E-state index contributed by atoms with van der Waals surface area (Å²) in [5, 5.41) is 4.36. The molecule has 0 heterocycles. The molecule has 1 fully saturated rings. The van der Waals surface area contributed by atoms with Crippen molar-refractivity contribution < 1.29 is 0 Å². The zero-order chi connectivity index (χ0) is 12.3. The lowest BCUT2D eigenvalue weighted by Crippen LogP contribution is -2.34. The Morgan fingerprint density at radius 2 is 2.06 bits per heavy atom. The van der Waals surface area contributed by atoms with Crippen molar-refractivity contribution in [3.05, 3.63) is 23.8 Å². The molecule has 1 aromatic carbocycles. The molecule has 3 N–H and O–H groups in total. The maximum absolute atomic E-state index is 6.06. The summed E-state index contributed by atoms with van der Waals surface area (Å²) in [6.45, 7) is 2.07. The van der Waals surface area contributed by atoms with Crippen molar-refractivity contribution in [2.24, 2.45) is 0 Å². The SMILES string of the molecule is CSC1CCCCC1Nc1ccc(C)cc1N. The Labute approximate surface area is 108 Å². The normalized spacial score (nSPS) is 24.6. The van der Waals surface area contributed by atoms with E-state index in [9.17, 15) is 0 Å². The third-order valence-corrected chi connectivity index (χ3v) is 4.72. The first kappa shape index (κ1) is 12.6. The number of hydrogen-bond donors (Lipinski definition) is 2. The fourth-order valence-electron chi connectivity index (χ4n) is 2.56. The van der Waals surface area contributed by atoms with Crippen LogP contribution in [0.15, 0.2) is 18.2 Å². The number of nitrogens with one attached hydrogen (secondary N) is 1. The Hall–Kier alpha value is -0.830. The molecule has 0 aliphatic heterocycles. The first-order chi connectivity index (χ1) is 8.20. The molecule has 1 aromatic rings. The summed E-state index contributed by atoms with van der Waals surface area (Å²) < 4.78 is 0. The largest absolute Gasteiger partial charge is 0.397 e. The number of thioether (sulfide) groups is 1. The third-order valence-electron chi connectivity index (χ3n) is 3.55. The fourth-order valence-corrected chi connectivity index (χ4v) is 3.49. The molecule has 0 aromatic heterocycles. The zero-order valence-corrected chi connectivity index (χ0v) is 11.5. The van der Waals surface area contributed by atoms with Crippen LogP contribution in [0.1, 0.15) is 31.2 Å². The van der Waals surface area contributed by atoms with Crippen LogP contribution in [0.5, 0.6) is 0 Å². The molecule has 1 aliphatic rings. The summed E-state index contributed by atoms with van der Waals surface area (Å²) in [6, 6.07) is 6.84. The van der Waals surface area contributed by atoms with Crippen LogP contribution >= 0.6 is 11.8 Å². The van der Waals surface area contributed by atoms with Gasteiger partial charge in [0.25, 0.3) is 0 Å². The number of rotatable bonds is 3. The van der Waals surface area contributed by atoms with Gasteiger partial charge in [0.05, 0.1) is 11.4 Å². The van der Waals surface area contributed by atoms with Gasteiger partial charge in [0.2, 0.25) is 0 Å². The molecule has 17 heavy (non-hydrogen) atoms. The molecule has 1 aliphatic carbocycles. The molecule has 0 saturated heterocycles. The monoisotopic (exact) mass is 250 g/mol. The van der Waals surface area contributed by atoms with Crippen molar-refractivity contribution in [1.29, 1.82) is 0 Å². The van der Waals surface area contributed by atoms with Crippen LogP contribution in [0.3, 0.4) is 0 Å². The second kappa shape index (κ2) is 5.67. The lowest BCUT2D eigenvalue weighted by Gasteiger charge is -2.32. The van der Waals surface area contributed by atoms with Gasteiger partial charge in [0.1, 0.15) is 0 Å². The number of aryl methyl sites for hydroxylation is 1. The summed E-state index contributed by atoms with van der Waals surface area (Å²) in [7, 11) is 0. The summed E-state index contributed by atoms with van der Waals surface area (Å²) in [5.74, 6) is 0. The Morgan fingerprint density at radius 1 is 1.29 bits per heavy atom. The van der Waals surface area contributed by atoms with Gasteiger partial charge in [-0.25, -0.2) is 0 Å². The molecule has 2 unspecified atom stereocenters. The van der Waals surface area contributed by atoms with Gasteiger partial charge in [0.15, 0.2) is 0 Å². The van der Waals surface area contributed by atoms with E-state index < -0.39 is 0 Å². The Kier molecular flexibility index (Phi) is 4.21. The van der Waals surface area contributed by atoms with Gasteiger partial charge in [-0.05, 0) is 43.7 Å². The second-order valence-corrected chi connectivity index (χ2v) is 5.98. The van der Waals surface area contributed by atoms with Crippen molar-refractivity contribution in [1.82, 2.24) is 0 Å². The number of anilines is 2. The Balaban J connectivity index is 2.08. The van der Waals surface area contributed by atoms with E-state index in [0.717, 1.165) is 16.6 Å². The zero-order valence-electron chi connectivity index (χ0n) is 10.7. The highest BCUT2D eigenvalue weighted by Crippen LogP contribution is 2.31. The highest BCUT2D eigenvalue weighted by Gasteiger charge is 2.24. The highest BCUT2D eigenvalue weighted by molar-refractivity contribution is 7.99. The maximum atomic E-state index is 6.06. The molecule has 0 bridgehead atoms. The number of nitrogens with two attached hydrogens (primary N) is 1. The molecule has 2 atom stereocenters. The van der Waals surface area contributed by atoms with E-state index in [0.29, 0.717) is 6.04 Å². The van der Waals surface area contributed by atoms with Crippen molar-refractivity contribution in [2.45, 2.75) is 43.9 Å². The van der Waals surface area contributed by atoms with E-state index in [1.807, 2.05) is 17.8 Å². The standard InChI is InChI=1S/C14H22N2S/c1-10-7-8-12(11(15)9-10)16-13-5-3-4-6-14(13)17-2/h7-9,13-14,16H,3-6,15H2,1-2H3. The van der Waals surface area contributed by atoms with Crippen LogP contribution in [0, 0.1) is 6.92 Å². The van der Waals surface area contributed by atoms with E-state index in [2.05, 4.69) is 30.6 Å². The van der Waals surface area contributed by atoms with Gasteiger partial charge in [0, 0.05) is 11.3 Å². The first-order valence-electron chi connectivity index (χ1n) is 6.36. The van der Waals surface area contributed by atoms with E-state index in [4.69, 9.17) is 5.73 Å². The quantitative estimate of drug-likeness (QED) is 0.804. The van der Waals surface area contributed by atoms with E-state index >= 15 is 0 Å². The van der Waals surface area contributed by atoms with Gasteiger partial charge in [-0.1, -0.05) is 18.9 Å². The molecule has 0 spiro atoms. The average molecular weight is 250 g/mol. The van der Waals surface area contributed by atoms with Gasteiger partial charge in [-0.2, -0.15) is 11.8 Å². The molecular formula is C14H22N2S. The molecule has 2 rings (SSSR count). The number of hydrogen-bond acceptors (Lipinski definition) is 3. The topological polar surface area (TPSA) is 38.0 Å². The lowest BCUT2D eigenvalue weighted by molar-refractivity contribution is 0.475. The summed E-state index contributed by atoms with van der Waals surface area (Å²) >= 11 is 1.98. The molecule has 3 heteroatoms. The van der Waals surface area contributed by atoms with E-state index in [1.165, 1.54) is 31.2 Å². The van der Waals surface area contributed by atoms with Crippen LogP contribution in [0.2, 0.25) is 0 Å². The fraction of sp³-hybridized carbons (Fsp3) is 0.571. The van der Waals surface area contributed by atoms with Crippen LogP contribution in [-0.2, 0) is 0 Å². The van der Waals surface area contributed by atoms with Crippen LogP contribution < -0.4 is 11.1 Å². The van der Waals surface area contributed by atoms with Crippen LogP contribution in [-0.4, -0.2) is 17.5 Å². The van der Waals surface area contributed by atoms with Crippen LogP contribution in [0.4, 0.5) is 11.4 Å². The molecule has 0 radical (unpaired) electrons. The van der Waals surface area contributed by atoms with Gasteiger partial charge in [-0.3, -0.25) is 0 Å². The Bertz CT molecular complexity index is 378. The summed E-state index contributed by atoms with van der Waals surface area (Å²) in [6.07, 6.45) is 7.50. The lowest BCUT2D eigenvalue weighted by atomic mass is 9.94. The second-order valence-electron chi connectivity index (χ2n) is 4.90. The maximum Gasteiger partial charge on any atom is 0.0576 e. The molecule has 1 saturated carbocycles. The van der Waals surface area contributed by atoms with Gasteiger partial charge >= 0.3 is 0 Å². The minimum atomic E-state index is 0.573. The molecule has 0 amide bonds. The minimum absolute atomic E-state index is 0.573. The molecule has 94 valence electrons. The van der Waals surface area contributed by atoms with Crippen molar-refractivity contribution in [3.63, 3.8) is 0 Å². The molecular weight excluding hydrogens is 228 g/mol. The highest BCUT2D eigenvalue weighted by atomic mass is 32.2. The van der Waals surface area contributed by atoms with Gasteiger partial charge < -0.3 is 11.1 Å². The number of nitrogen functional groups attached to an aromatic ring is 1. The first-order valence-corrected chi connectivity index (χ1v) is 7.65.